The van der Waals surface area contributed by atoms with Crippen molar-refractivity contribution >= 4 is 27.4 Å². The number of hydrogen-bond donors (Lipinski definition) is 1. The molecule has 6 aromatic carbocycles. The fourth-order valence-electron chi connectivity index (χ4n) is 8.30. The average molecular weight is 629 g/mol. The molecule has 8 aromatic rings. The number of hydrogen-bond acceptors (Lipinski definition) is 2. The third kappa shape index (κ3) is 4.10. The van der Waals surface area contributed by atoms with Gasteiger partial charge in [-0.3, -0.25) is 5.10 Å². The van der Waals surface area contributed by atoms with Crippen LogP contribution < -0.4 is 0 Å². The molecular formula is C45H32N4. The maximum atomic E-state index is 4.93. The zero-order chi connectivity index (χ0) is 32.4. The Kier molecular flexibility index (Phi) is 6.18. The molecule has 0 radical (unpaired) electrons. The highest BCUT2D eigenvalue weighted by atomic mass is 15.2. The van der Waals surface area contributed by atoms with E-state index in [9.17, 15) is 0 Å². The minimum atomic E-state index is -0.467. The van der Waals surface area contributed by atoms with Crippen LogP contribution in [0.4, 0.5) is 0 Å². The van der Waals surface area contributed by atoms with E-state index in [1.165, 1.54) is 60.8 Å². The second-order valence-corrected chi connectivity index (χ2v) is 13.0. The molecule has 0 amide bonds. The number of rotatable bonds is 5. The van der Waals surface area contributed by atoms with Gasteiger partial charge in [-0.25, -0.2) is 4.98 Å². The lowest BCUT2D eigenvalue weighted by Gasteiger charge is -2.34. The molecule has 49 heavy (non-hydrogen) atoms. The van der Waals surface area contributed by atoms with Crippen molar-refractivity contribution in [3.8, 4) is 28.2 Å². The molecule has 2 aliphatic carbocycles. The molecule has 0 unspecified atom stereocenters. The summed E-state index contributed by atoms with van der Waals surface area (Å²) in [4.78, 5) is 4.93. The Morgan fingerprint density at radius 2 is 1.37 bits per heavy atom. The maximum absolute atomic E-state index is 4.93. The molecule has 0 saturated heterocycles. The van der Waals surface area contributed by atoms with Crippen LogP contribution in [0.1, 0.15) is 40.9 Å². The Labute approximate surface area is 284 Å². The number of nitrogens with one attached hydrogen (secondary N) is 1. The van der Waals surface area contributed by atoms with Crippen molar-refractivity contribution in [2.24, 2.45) is 0 Å². The van der Waals surface area contributed by atoms with Crippen molar-refractivity contribution in [2.45, 2.75) is 18.3 Å². The van der Waals surface area contributed by atoms with Gasteiger partial charge in [0.25, 0.3) is 0 Å². The van der Waals surface area contributed by atoms with E-state index in [-0.39, 0.29) is 0 Å². The molecule has 0 fully saturated rings. The summed E-state index contributed by atoms with van der Waals surface area (Å²) < 4.78 is 2.42. The Balaban J connectivity index is 1.24. The van der Waals surface area contributed by atoms with Gasteiger partial charge in [0.05, 0.1) is 16.4 Å². The van der Waals surface area contributed by atoms with E-state index in [4.69, 9.17) is 4.98 Å². The molecule has 10 rings (SSSR count). The summed E-state index contributed by atoms with van der Waals surface area (Å²) >= 11 is 0. The van der Waals surface area contributed by atoms with Crippen LogP contribution in [0.15, 0.2) is 164 Å². The van der Waals surface area contributed by atoms with Crippen molar-refractivity contribution in [3.63, 3.8) is 0 Å². The molecule has 232 valence electrons. The fraction of sp³-hybridized carbons (Fsp3) is 0.0667. The molecule has 2 aromatic heterocycles. The third-order valence-electron chi connectivity index (χ3n) is 10.4. The summed E-state index contributed by atoms with van der Waals surface area (Å²) in [6.07, 6.45) is 8.37. The highest BCUT2D eigenvalue weighted by Crippen LogP contribution is 2.57. The van der Waals surface area contributed by atoms with Gasteiger partial charge >= 0.3 is 0 Å². The third-order valence-corrected chi connectivity index (χ3v) is 10.4. The maximum Gasteiger partial charge on any atom is 0.177 e. The first-order chi connectivity index (χ1) is 24.3. The van der Waals surface area contributed by atoms with E-state index >= 15 is 0 Å². The normalized spacial score (nSPS) is 14.6. The zero-order valence-electron chi connectivity index (χ0n) is 26.8. The molecule has 2 aliphatic rings. The van der Waals surface area contributed by atoms with Crippen molar-refractivity contribution in [3.05, 3.63) is 192 Å². The molecule has 4 nitrogen and oxygen atoms in total. The number of para-hydroxylation sites is 1. The van der Waals surface area contributed by atoms with Crippen molar-refractivity contribution in [2.75, 3.05) is 0 Å². The summed E-state index contributed by atoms with van der Waals surface area (Å²) in [6.45, 7) is 0. The molecule has 0 aliphatic heterocycles. The van der Waals surface area contributed by atoms with Gasteiger partial charge in [0.15, 0.2) is 11.6 Å². The van der Waals surface area contributed by atoms with Crippen LogP contribution in [0.2, 0.25) is 0 Å². The lowest BCUT2D eigenvalue weighted by molar-refractivity contribution is 0.769. The Bertz CT molecular complexity index is 2560. The largest absolute Gasteiger partial charge is 0.309 e. The first-order valence-corrected chi connectivity index (χ1v) is 17.0. The predicted molar refractivity (Wildman–Crippen MR) is 200 cm³/mol. The summed E-state index contributed by atoms with van der Waals surface area (Å²) in [5.74, 6) is 1.55. The lowest BCUT2D eigenvalue weighted by Crippen LogP contribution is -2.28. The number of fused-ring (bicyclic) bond motifs is 6. The molecule has 1 N–H and O–H groups in total. The first-order valence-electron chi connectivity index (χ1n) is 17.0. The van der Waals surface area contributed by atoms with Gasteiger partial charge in [0.1, 0.15) is 0 Å². The monoisotopic (exact) mass is 628 g/mol. The smallest absolute Gasteiger partial charge is 0.177 e. The Morgan fingerprint density at radius 1 is 0.612 bits per heavy atom. The number of nitrogens with zero attached hydrogens (tertiary/aromatic N) is 3. The van der Waals surface area contributed by atoms with E-state index in [1.54, 1.807) is 0 Å². The van der Waals surface area contributed by atoms with Crippen molar-refractivity contribution in [1.29, 1.82) is 0 Å². The number of H-pyrrole nitrogens is 1. The predicted octanol–water partition coefficient (Wildman–Crippen LogP) is 10.7. The minimum Gasteiger partial charge on any atom is -0.309 e. The van der Waals surface area contributed by atoms with E-state index < -0.39 is 5.41 Å². The summed E-state index contributed by atoms with van der Waals surface area (Å²) in [5, 5.41) is 10.3. The van der Waals surface area contributed by atoms with Gasteiger partial charge in [-0.2, -0.15) is 5.10 Å². The molecule has 4 heteroatoms. The van der Waals surface area contributed by atoms with E-state index in [0.717, 1.165) is 35.7 Å². The molecule has 0 bridgehead atoms. The second-order valence-electron chi connectivity index (χ2n) is 13.0. The number of aromatic nitrogens is 4. The molecule has 2 heterocycles. The van der Waals surface area contributed by atoms with E-state index in [0.29, 0.717) is 0 Å². The van der Waals surface area contributed by atoms with Crippen LogP contribution in [0, 0.1) is 0 Å². The Morgan fingerprint density at radius 3 is 2.16 bits per heavy atom. The van der Waals surface area contributed by atoms with Crippen LogP contribution in [-0.2, 0) is 5.41 Å². The quantitative estimate of drug-likeness (QED) is 0.206. The van der Waals surface area contributed by atoms with Gasteiger partial charge < -0.3 is 4.57 Å². The zero-order valence-corrected chi connectivity index (χ0v) is 26.8. The van der Waals surface area contributed by atoms with E-state index in [2.05, 4.69) is 179 Å². The fourth-order valence-corrected chi connectivity index (χ4v) is 8.30. The van der Waals surface area contributed by atoms with Gasteiger partial charge in [0, 0.05) is 22.0 Å². The van der Waals surface area contributed by atoms with Gasteiger partial charge in [-0.05, 0) is 82.1 Å². The first kappa shape index (κ1) is 27.8. The highest BCUT2D eigenvalue weighted by molar-refractivity contribution is 6.12. The molecule has 0 spiro atoms. The summed E-state index contributed by atoms with van der Waals surface area (Å²) in [5.41, 5.74) is 12.9. The minimum absolute atomic E-state index is 0.467. The summed E-state index contributed by atoms with van der Waals surface area (Å²) in [6, 6.07) is 53.3. The number of allylic oxidation sites excluding steroid dienone is 4. The molecular weight excluding hydrogens is 597 g/mol. The average Bonchev–Trinajstić information content (AvgIpc) is 3.87. The standard InChI is InChI=1S/C45H32N4/c1-4-15-30(16-5-1)43-46-44(48-47-43)31-17-14-22-34(27-31)49-41-26-13-11-24-36(41)38-28-37-35-23-10-12-25-39(35)45(40(37)29-42(38)49,32-18-6-2-7-19-32)33-20-8-3-9-21-33/h1-4,6-15,17-29H,5,16H2,(H,46,47,48). The van der Waals surface area contributed by atoms with Crippen molar-refractivity contribution in [1.82, 2.24) is 19.7 Å². The van der Waals surface area contributed by atoms with Crippen LogP contribution in [0.25, 0.3) is 55.6 Å². The molecule has 0 atom stereocenters. The summed E-state index contributed by atoms with van der Waals surface area (Å²) in [7, 11) is 0. The number of aromatic amines is 1. The van der Waals surface area contributed by atoms with Gasteiger partial charge in [-0.1, -0.05) is 133 Å². The highest BCUT2D eigenvalue weighted by Gasteiger charge is 2.46. The van der Waals surface area contributed by atoms with Crippen LogP contribution in [0.3, 0.4) is 0 Å². The van der Waals surface area contributed by atoms with Crippen molar-refractivity contribution < 1.29 is 0 Å². The number of benzene rings is 6. The van der Waals surface area contributed by atoms with Crippen LogP contribution >= 0.6 is 0 Å². The lowest BCUT2D eigenvalue weighted by atomic mass is 9.67. The van der Waals surface area contributed by atoms with E-state index in [1.807, 2.05) is 0 Å². The van der Waals surface area contributed by atoms with Gasteiger partial charge in [-0.15, -0.1) is 0 Å². The van der Waals surface area contributed by atoms with Crippen LogP contribution in [-0.4, -0.2) is 19.7 Å². The topological polar surface area (TPSA) is 46.5 Å². The SMILES string of the molecule is C1=CCCC(c2n[nH]c(-c3cccc(-n4c5ccccc5c5cc6c(cc54)C(c4ccccc4)(c4ccccc4)c4ccccc4-6)c3)n2)=C1. The molecule has 0 saturated carbocycles. The van der Waals surface area contributed by atoms with Gasteiger partial charge in [0.2, 0.25) is 0 Å². The van der Waals surface area contributed by atoms with Crippen LogP contribution in [0.5, 0.6) is 0 Å². The second kappa shape index (κ2) is 10.9. The Hall–Kier alpha value is -6.26.